The van der Waals surface area contributed by atoms with E-state index in [0.29, 0.717) is 6.61 Å². The van der Waals surface area contributed by atoms with Gasteiger partial charge in [0.15, 0.2) is 0 Å². The van der Waals surface area contributed by atoms with Gasteiger partial charge < -0.3 is 10.1 Å². The fraction of sp³-hybridized carbons (Fsp3) is 0.429. The fourth-order valence-electron chi connectivity index (χ4n) is 1.49. The van der Waals surface area contributed by atoms with Gasteiger partial charge in [0, 0.05) is 6.42 Å². The van der Waals surface area contributed by atoms with Gasteiger partial charge in [-0.05, 0) is 31.2 Å². The molecule has 0 aliphatic carbocycles. The van der Waals surface area contributed by atoms with E-state index in [1.54, 1.807) is 0 Å². The lowest BCUT2D eigenvalue weighted by Crippen LogP contribution is -2.28. The van der Waals surface area contributed by atoms with Crippen molar-refractivity contribution in [3.8, 4) is 18.1 Å². The standard InChI is InChI=1S/C14H19NO/c1-4-13(15-5-2)9-10-16-14-8-6-7-12(3)11-14/h1,6-8,11,13,15H,5,9-10H2,2-3H3. The summed E-state index contributed by atoms with van der Waals surface area (Å²) in [5.74, 6) is 3.62. The molecule has 0 spiro atoms. The van der Waals surface area contributed by atoms with Crippen molar-refractivity contribution in [3.63, 3.8) is 0 Å². The summed E-state index contributed by atoms with van der Waals surface area (Å²) in [4.78, 5) is 0. The van der Waals surface area contributed by atoms with Crippen LogP contribution in [0.5, 0.6) is 5.75 Å². The Morgan fingerprint density at radius 1 is 1.50 bits per heavy atom. The molecule has 0 bridgehead atoms. The summed E-state index contributed by atoms with van der Waals surface area (Å²) >= 11 is 0. The van der Waals surface area contributed by atoms with E-state index in [1.807, 2.05) is 25.1 Å². The van der Waals surface area contributed by atoms with Crippen molar-refractivity contribution in [1.82, 2.24) is 5.32 Å². The van der Waals surface area contributed by atoms with E-state index in [0.717, 1.165) is 18.7 Å². The van der Waals surface area contributed by atoms with Crippen molar-refractivity contribution in [2.24, 2.45) is 0 Å². The third-order valence-corrected chi connectivity index (χ3v) is 2.32. The summed E-state index contributed by atoms with van der Waals surface area (Å²) < 4.78 is 5.63. The summed E-state index contributed by atoms with van der Waals surface area (Å²) in [6.07, 6.45) is 6.23. The molecule has 2 heteroatoms. The van der Waals surface area contributed by atoms with Crippen LogP contribution in [0.3, 0.4) is 0 Å². The highest BCUT2D eigenvalue weighted by atomic mass is 16.5. The molecule has 1 atom stereocenters. The predicted molar refractivity (Wildman–Crippen MR) is 67.6 cm³/mol. The summed E-state index contributed by atoms with van der Waals surface area (Å²) in [5, 5.41) is 3.21. The molecular formula is C14H19NO. The minimum absolute atomic E-state index is 0.106. The van der Waals surface area contributed by atoms with E-state index in [9.17, 15) is 0 Å². The average Bonchev–Trinajstić information content (AvgIpc) is 2.28. The topological polar surface area (TPSA) is 21.3 Å². The first-order valence-electron chi connectivity index (χ1n) is 5.65. The SMILES string of the molecule is C#CC(CCOc1cccc(C)c1)NCC. The molecule has 0 fully saturated rings. The van der Waals surface area contributed by atoms with Crippen LogP contribution in [0.2, 0.25) is 0 Å². The monoisotopic (exact) mass is 217 g/mol. The van der Waals surface area contributed by atoms with Gasteiger partial charge in [-0.25, -0.2) is 0 Å². The van der Waals surface area contributed by atoms with E-state index in [4.69, 9.17) is 11.2 Å². The highest BCUT2D eigenvalue weighted by Gasteiger charge is 2.02. The second kappa shape index (κ2) is 6.92. The zero-order chi connectivity index (χ0) is 11.8. The van der Waals surface area contributed by atoms with Gasteiger partial charge in [0.1, 0.15) is 5.75 Å². The largest absolute Gasteiger partial charge is 0.493 e. The Hall–Kier alpha value is -1.46. The predicted octanol–water partition coefficient (Wildman–Crippen LogP) is 2.38. The average molecular weight is 217 g/mol. The van der Waals surface area contributed by atoms with Crippen LogP contribution in [0.1, 0.15) is 18.9 Å². The zero-order valence-electron chi connectivity index (χ0n) is 9.99. The smallest absolute Gasteiger partial charge is 0.119 e. The van der Waals surface area contributed by atoms with Gasteiger partial charge in [0.25, 0.3) is 0 Å². The molecule has 0 amide bonds. The first kappa shape index (κ1) is 12.6. The molecule has 0 saturated carbocycles. The van der Waals surface area contributed by atoms with Gasteiger partial charge in [-0.3, -0.25) is 0 Å². The Bertz CT molecular complexity index is 354. The molecule has 86 valence electrons. The van der Waals surface area contributed by atoms with Crippen LogP contribution < -0.4 is 10.1 Å². The van der Waals surface area contributed by atoms with Gasteiger partial charge in [-0.2, -0.15) is 0 Å². The Morgan fingerprint density at radius 2 is 2.31 bits per heavy atom. The first-order valence-corrected chi connectivity index (χ1v) is 5.65. The van der Waals surface area contributed by atoms with Gasteiger partial charge in [-0.15, -0.1) is 6.42 Å². The van der Waals surface area contributed by atoms with Gasteiger partial charge >= 0.3 is 0 Å². The summed E-state index contributed by atoms with van der Waals surface area (Å²) in [6.45, 7) is 5.63. The highest BCUT2D eigenvalue weighted by molar-refractivity contribution is 5.27. The van der Waals surface area contributed by atoms with E-state index in [-0.39, 0.29) is 6.04 Å². The molecule has 0 aliphatic heterocycles. The third kappa shape index (κ3) is 4.37. The Kier molecular flexibility index (Phi) is 5.45. The Morgan fingerprint density at radius 3 is 2.94 bits per heavy atom. The Labute approximate surface area is 98.0 Å². The molecule has 2 nitrogen and oxygen atoms in total. The third-order valence-electron chi connectivity index (χ3n) is 2.32. The molecule has 1 aromatic rings. The van der Waals surface area contributed by atoms with Crippen molar-refractivity contribution in [3.05, 3.63) is 29.8 Å². The van der Waals surface area contributed by atoms with E-state index in [2.05, 4.69) is 24.2 Å². The van der Waals surface area contributed by atoms with Gasteiger partial charge in [0.2, 0.25) is 0 Å². The van der Waals surface area contributed by atoms with Gasteiger partial charge in [0.05, 0.1) is 12.6 Å². The molecule has 0 aromatic heterocycles. The van der Waals surface area contributed by atoms with Crippen molar-refractivity contribution in [2.45, 2.75) is 26.3 Å². The summed E-state index contributed by atoms with van der Waals surface area (Å²) in [7, 11) is 0. The number of nitrogens with one attached hydrogen (secondary N) is 1. The molecule has 0 radical (unpaired) electrons. The highest BCUT2D eigenvalue weighted by Crippen LogP contribution is 2.12. The van der Waals surface area contributed by atoms with Gasteiger partial charge in [-0.1, -0.05) is 25.0 Å². The minimum Gasteiger partial charge on any atom is -0.493 e. The first-order chi connectivity index (χ1) is 7.76. The number of terminal acetylenes is 1. The number of rotatable bonds is 6. The molecule has 1 unspecified atom stereocenters. The van der Waals surface area contributed by atoms with Crippen LogP contribution in [-0.2, 0) is 0 Å². The maximum absolute atomic E-state index is 5.63. The summed E-state index contributed by atoms with van der Waals surface area (Å²) in [6, 6.07) is 8.14. The van der Waals surface area contributed by atoms with E-state index < -0.39 is 0 Å². The number of hydrogen-bond donors (Lipinski definition) is 1. The number of aryl methyl sites for hydroxylation is 1. The number of ether oxygens (including phenoxy) is 1. The van der Waals surface area contributed by atoms with Crippen LogP contribution in [0.4, 0.5) is 0 Å². The molecule has 1 N–H and O–H groups in total. The minimum atomic E-state index is 0.106. The van der Waals surface area contributed by atoms with Crippen molar-refractivity contribution < 1.29 is 4.74 Å². The molecular weight excluding hydrogens is 198 g/mol. The summed E-state index contributed by atoms with van der Waals surface area (Å²) in [5.41, 5.74) is 1.21. The molecule has 0 aliphatic rings. The molecule has 1 aromatic carbocycles. The van der Waals surface area contributed by atoms with E-state index >= 15 is 0 Å². The van der Waals surface area contributed by atoms with Crippen LogP contribution in [0, 0.1) is 19.3 Å². The molecule has 0 saturated heterocycles. The molecule has 1 rings (SSSR count). The normalized spacial score (nSPS) is 11.8. The Balaban J connectivity index is 2.32. The zero-order valence-corrected chi connectivity index (χ0v) is 9.99. The van der Waals surface area contributed by atoms with E-state index in [1.165, 1.54) is 5.56 Å². The lowest BCUT2D eigenvalue weighted by Gasteiger charge is -2.12. The number of benzene rings is 1. The second-order valence-corrected chi connectivity index (χ2v) is 3.73. The van der Waals surface area contributed by atoms with Crippen LogP contribution >= 0.6 is 0 Å². The molecule has 16 heavy (non-hydrogen) atoms. The van der Waals surface area contributed by atoms with Crippen molar-refractivity contribution in [2.75, 3.05) is 13.2 Å². The van der Waals surface area contributed by atoms with Crippen molar-refractivity contribution in [1.29, 1.82) is 0 Å². The van der Waals surface area contributed by atoms with Crippen LogP contribution in [0.15, 0.2) is 24.3 Å². The fourth-order valence-corrected chi connectivity index (χ4v) is 1.49. The van der Waals surface area contributed by atoms with Crippen LogP contribution in [0.25, 0.3) is 0 Å². The quantitative estimate of drug-likeness (QED) is 0.739. The lowest BCUT2D eigenvalue weighted by molar-refractivity contribution is 0.299. The maximum atomic E-state index is 5.63. The van der Waals surface area contributed by atoms with Crippen molar-refractivity contribution >= 4 is 0 Å². The number of hydrogen-bond acceptors (Lipinski definition) is 2. The van der Waals surface area contributed by atoms with Crippen LogP contribution in [-0.4, -0.2) is 19.2 Å². The maximum Gasteiger partial charge on any atom is 0.119 e. The molecule has 0 heterocycles. The lowest BCUT2D eigenvalue weighted by atomic mass is 10.2. The second-order valence-electron chi connectivity index (χ2n) is 3.73.